The monoisotopic (exact) mass is 542 g/mol. The van der Waals surface area contributed by atoms with E-state index in [0.29, 0.717) is 23.6 Å². The van der Waals surface area contributed by atoms with Crippen LogP contribution in [0, 0.1) is 0 Å². The van der Waals surface area contributed by atoms with E-state index in [1.54, 1.807) is 6.07 Å². The largest absolute Gasteiger partial charge is 0.427 e. The average Bonchev–Trinajstić information content (AvgIpc) is 3.52. The number of carbonyl (C=O) groups is 2. The molecule has 1 N–H and O–H groups in total. The smallest absolute Gasteiger partial charge is 0.348 e. The van der Waals surface area contributed by atoms with Gasteiger partial charge >= 0.3 is 5.63 Å². The lowest BCUT2D eigenvalue weighted by Crippen LogP contribution is -2.44. The summed E-state index contributed by atoms with van der Waals surface area (Å²) in [5.74, 6) is -0.391. The second-order valence-corrected chi connectivity index (χ2v) is 10.0. The first-order valence-corrected chi connectivity index (χ1v) is 13.8. The van der Waals surface area contributed by atoms with Crippen molar-refractivity contribution in [1.29, 1.82) is 0 Å². The Morgan fingerprint density at radius 1 is 1.05 bits per heavy atom. The SMILES string of the molecule is CCCCCc1ccc(C(=O)N2CC(=NOC)C[C@H]2C(=O)Nc2ccc3c(c2)c2ccccc2n3CC)c(=O)o1. The van der Waals surface area contributed by atoms with Gasteiger partial charge in [0.1, 0.15) is 24.5 Å². The molecular formula is C31H34N4O5. The number of nitrogens with zero attached hydrogens (tertiary/aromatic N) is 3. The van der Waals surface area contributed by atoms with E-state index in [4.69, 9.17) is 9.25 Å². The van der Waals surface area contributed by atoms with Crippen LogP contribution in [0.1, 0.15) is 55.6 Å². The Morgan fingerprint density at radius 3 is 2.60 bits per heavy atom. The Kier molecular flexibility index (Phi) is 8.00. The van der Waals surface area contributed by atoms with Gasteiger partial charge in [0.15, 0.2) is 0 Å². The Labute approximate surface area is 232 Å². The van der Waals surface area contributed by atoms with Crippen molar-refractivity contribution in [2.75, 3.05) is 19.0 Å². The molecule has 2 amide bonds. The van der Waals surface area contributed by atoms with E-state index in [2.05, 4.69) is 41.0 Å². The summed E-state index contributed by atoms with van der Waals surface area (Å²) in [4.78, 5) is 46.1. The minimum absolute atomic E-state index is 0.0749. The molecule has 0 bridgehead atoms. The van der Waals surface area contributed by atoms with E-state index in [-0.39, 0.29) is 24.4 Å². The molecule has 1 aliphatic heterocycles. The summed E-state index contributed by atoms with van der Waals surface area (Å²) in [5, 5.41) is 9.11. The third-order valence-electron chi connectivity index (χ3n) is 7.43. The van der Waals surface area contributed by atoms with E-state index in [9.17, 15) is 14.4 Å². The molecule has 0 unspecified atom stereocenters. The fraction of sp³-hybridized carbons (Fsp3) is 0.355. The van der Waals surface area contributed by atoms with Crippen LogP contribution in [-0.4, -0.2) is 46.7 Å². The fourth-order valence-electron chi connectivity index (χ4n) is 5.49. The highest BCUT2D eigenvalue weighted by molar-refractivity contribution is 6.11. The highest BCUT2D eigenvalue weighted by atomic mass is 16.6. The number of aromatic nitrogens is 1. The number of aryl methyl sites for hydroxylation is 2. The first-order valence-electron chi connectivity index (χ1n) is 13.8. The standard InChI is InChI=1S/C31H34N4O5/c1-4-6-7-10-22-14-15-24(31(38)40-22)30(37)35-19-21(33-39-3)18-28(35)29(36)32-20-13-16-27-25(17-20)23-11-8-9-12-26(23)34(27)5-2/h8-9,11-17,28H,4-7,10,18-19H2,1-3H3,(H,32,36)/t28-/m0/s1. The van der Waals surface area contributed by atoms with Crippen LogP contribution in [0.3, 0.4) is 0 Å². The number of amides is 2. The van der Waals surface area contributed by atoms with Gasteiger partial charge in [-0.25, -0.2) is 4.79 Å². The third kappa shape index (κ3) is 5.23. The summed E-state index contributed by atoms with van der Waals surface area (Å²) in [7, 11) is 1.42. The average molecular weight is 543 g/mol. The lowest BCUT2D eigenvalue weighted by atomic mass is 10.1. The number of nitrogens with one attached hydrogen (secondary N) is 1. The molecule has 2 aromatic heterocycles. The fourth-order valence-corrected chi connectivity index (χ4v) is 5.49. The van der Waals surface area contributed by atoms with Crippen LogP contribution < -0.4 is 10.9 Å². The number of likely N-dealkylation sites (tertiary alicyclic amines) is 1. The van der Waals surface area contributed by atoms with E-state index < -0.39 is 17.6 Å². The van der Waals surface area contributed by atoms with Gasteiger partial charge in [0.25, 0.3) is 5.91 Å². The van der Waals surface area contributed by atoms with Crippen molar-refractivity contribution < 1.29 is 18.8 Å². The summed E-state index contributed by atoms with van der Waals surface area (Å²) in [6, 6.07) is 16.3. The topological polar surface area (TPSA) is 106 Å². The zero-order valence-electron chi connectivity index (χ0n) is 23.1. The Balaban J connectivity index is 1.40. The van der Waals surface area contributed by atoms with Crippen LogP contribution in [0.15, 0.2) is 69.0 Å². The van der Waals surface area contributed by atoms with Crippen molar-refractivity contribution in [3.05, 3.63) is 76.3 Å². The van der Waals surface area contributed by atoms with E-state index in [1.165, 1.54) is 18.1 Å². The quantitative estimate of drug-likeness (QED) is 0.227. The molecule has 0 spiro atoms. The summed E-state index contributed by atoms with van der Waals surface area (Å²) in [6.07, 6.45) is 3.83. The molecule has 4 aromatic rings. The van der Waals surface area contributed by atoms with Crippen LogP contribution in [0.2, 0.25) is 0 Å². The molecule has 3 heterocycles. The molecule has 5 rings (SSSR count). The van der Waals surface area contributed by atoms with Crippen molar-refractivity contribution in [1.82, 2.24) is 9.47 Å². The Bertz CT molecular complexity index is 1650. The van der Waals surface area contributed by atoms with Crippen molar-refractivity contribution in [3.63, 3.8) is 0 Å². The first kappa shape index (κ1) is 27.2. The molecule has 1 saturated heterocycles. The molecular weight excluding hydrogens is 508 g/mol. The number of anilines is 1. The molecule has 9 heteroatoms. The van der Waals surface area contributed by atoms with Gasteiger partial charge in [-0.3, -0.25) is 9.59 Å². The maximum atomic E-state index is 13.5. The van der Waals surface area contributed by atoms with Gasteiger partial charge in [0.2, 0.25) is 5.91 Å². The lowest BCUT2D eigenvalue weighted by molar-refractivity contribution is -0.119. The second kappa shape index (κ2) is 11.8. The summed E-state index contributed by atoms with van der Waals surface area (Å²) >= 11 is 0. The predicted molar refractivity (Wildman–Crippen MR) is 156 cm³/mol. The Hall–Kier alpha value is -4.40. The van der Waals surface area contributed by atoms with Crippen LogP contribution in [-0.2, 0) is 22.6 Å². The minimum atomic E-state index is -0.863. The van der Waals surface area contributed by atoms with Crippen LogP contribution in [0.25, 0.3) is 21.8 Å². The molecule has 40 heavy (non-hydrogen) atoms. The molecule has 2 aromatic carbocycles. The maximum Gasteiger partial charge on any atom is 0.348 e. The lowest BCUT2D eigenvalue weighted by Gasteiger charge is -2.23. The van der Waals surface area contributed by atoms with Crippen LogP contribution in [0.5, 0.6) is 0 Å². The number of fused-ring (bicyclic) bond motifs is 3. The van der Waals surface area contributed by atoms with E-state index in [1.807, 2.05) is 30.3 Å². The number of para-hydroxylation sites is 1. The van der Waals surface area contributed by atoms with Gasteiger partial charge in [-0.05, 0) is 49.7 Å². The number of hydrogen-bond donors (Lipinski definition) is 1. The molecule has 0 radical (unpaired) electrons. The number of hydrogen-bond acceptors (Lipinski definition) is 6. The van der Waals surface area contributed by atoms with Crippen molar-refractivity contribution in [2.45, 2.75) is 58.5 Å². The van der Waals surface area contributed by atoms with E-state index >= 15 is 0 Å². The zero-order valence-corrected chi connectivity index (χ0v) is 23.1. The van der Waals surface area contributed by atoms with Gasteiger partial charge in [-0.1, -0.05) is 43.1 Å². The summed E-state index contributed by atoms with van der Waals surface area (Å²) < 4.78 is 7.67. The van der Waals surface area contributed by atoms with Gasteiger partial charge in [-0.2, -0.15) is 0 Å². The van der Waals surface area contributed by atoms with Gasteiger partial charge in [0.05, 0.1) is 12.3 Å². The highest BCUT2D eigenvalue weighted by Crippen LogP contribution is 2.31. The predicted octanol–water partition coefficient (Wildman–Crippen LogP) is 5.36. The molecule has 1 atom stereocenters. The number of oxime groups is 1. The van der Waals surface area contributed by atoms with E-state index in [0.717, 1.165) is 47.6 Å². The van der Waals surface area contributed by atoms with Gasteiger partial charge in [0, 0.05) is 46.9 Å². The molecule has 0 saturated carbocycles. The molecule has 1 aliphatic rings. The normalized spacial score (nSPS) is 16.2. The molecule has 1 fully saturated rings. The summed E-state index contributed by atoms with van der Waals surface area (Å²) in [6.45, 7) is 5.10. The summed E-state index contributed by atoms with van der Waals surface area (Å²) in [5.41, 5.74) is 2.57. The number of carbonyl (C=O) groups excluding carboxylic acids is 2. The maximum absolute atomic E-state index is 13.5. The number of unbranched alkanes of at least 4 members (excludes halogenated alkanes) is 2. The second-order valence-electron chi connectivity index (χ2n) is 10.0. The van der Waals surface area contributed by atoms with Gasteiger partial charge < -0.3 is 24.0 Å². The Morgan fingerprint density at radius 2 is 1.85 bits per heavy atom. The van der Waals surface area contributed by atoms with Crippen LogP contribution in [0.4, 0.5) is 5.69 Å². The van der Waals surface area contributed by atoms with Crippen molar-refractivity contribution in [3.8, 4) is 0 Å². The molecule has 9 nitrogen and oxygen atoms in total. The van der Waals surface area contributed by atoms with Crippen LogP contribution >= 0.6 is 0 Å². The number of benzene rings is 2. The first-order chi connectivity index (χ1) is 19.4. The highest BCUT2D eigenvalue weighted by Gasteiger charge is 2.39. The zero-order chi connectivity index (χ0) is 28.2. The minimum Gasteiger partial charge on any atom is -0.427 e. The molecule has 0 aliphatic carbocycles. The van der Waals surface area contributed by atoms with Crippen molar-refractivity contribution in [2.24, 2.45) is 5.16 Å². The van der Waals surface area contributed by atoms with Gasteiger partial charge in [-0.15, -0.1) is 0 Å². The third-order valence-corrected chi connectivity index (χ3v) is 7.43. The molecule has 208 valence electrons. The van der Waals surface area contributed by atoms with Crippen molar-refractivity contribution >= 4 is 45.0 Å². The number of rotatable bonds is 9.